The van der Waals surface area contributed by atoms with Gasteiger partial charge in [0.1, 0.15) is 0 Å². The van der Waals surface area contributed by atoms with Crippen LogP contribution in [0.2, 0.25) is 0 Å². The zero-order valence-corrected chi connectivity index (χ0v) is 33.8. The minimum atomic E-state index is -0.404. The SMILES string of the molecule is c1ccc(-c2ccc(N3c4nc5c(-c6ccccc6)cccc5n4B(c4c(-c5ccccc5)cccc4-c4ccccc4)n4c3nc3c(-c5ccccc5)cccc34)cc2)cc1. The normalized spacial score (nSPS) is 12.1. The van der Waals surface area contributed by atoms with Gasteiger partial charge < -0.3 is 8.96 Å². The number of hydrogen-bond acceptors (Lipinski definition) is 3. The standard InChI is InChI=1S/C56H38BN5/c1-6-19-39(20-7-1)40-35-37-45(38-36-40)60-55-58-53-48(43-25-12-4-13-26-43)31-17-33-50(53)61(55)57(62-51-34-18-32-49(54(51)59-56(60)62)44-27-14-5-15-28-44)52-46(41-21-8-2-9-22-41)29-16-30-47(52)42-23-10-3-11-24-42/h1-38H. The predicted molar refractivity (Wildman–Crippen MR) is 258 cm³/mol. The highest BCUT2D eigenvalue weighted by molar-refractivity contribution is 6.76. The van der Waals surface area contributed by atoms with Crippen LogP contribution in [0.1, 0.15) is 0 Å². The van der Waals surface area contributed by atoms with Gasteiger partial charge >= 0.3 is 6.98 Å². The van der Waals surface area contributed by atoms with Crippen molar-refractivity contribution in [3.63, 3.8) is 0 Å². The Balaban J connectivity index is 1.23. The molecule has 0 fully saturated rings. The van der Waals surface area contributed by atoms with Gasteiger partial charge in [-0.1, -0.05) is 206 Å². The number of fused-ring (bicyclic) bond motifs is 6. The minimum absolute atomic E-state index is 0.404. The highest BCUT2D eigenvalue weighted by atomic mass is 15.4. The molecule has 0 saturated heterocycles. The molecule has 0 aliphatic carbocycles. The summed E-state index contributed by atoms with van der Waals surface area (Å²) in [5.41, 5.74) is 17.4. The molecule has 0 saturated carbocycles. The van der Waals surface area contributed by atoms with Crippen molar-refractivity contribution in [2.75, 3.05) is 4.90 Å². The van der Waals surface area contributed by atoms with Crippen molar-refractivity contribution in [2.24, 2.45) is 0 Å². The molecule has 3 heterocycles. The number of hydrogen-bond donors (Lipinski definition) is 0. The summed E-state index contributed by atoms with van der Waals surface area (Å²) >= 11 is 0. The molecule has 12 rings (SSSR count). The fraction of sp³-hybridized carbons (Fsp3) is 0. The number of aromatic nitrogens is 4. The molecule has 1 aliphatic heterocycles. The van der Waals surface area contributed by atoms with E-state index in [4.69, 9.17) is 9.97 Å². The molecule has 5 nitrogen and oxygen atoms in total. The summed E-state index contributed by atoms with van der Waals surface area (Å²) in [4.78, 5) is 13.7. The molecular formula is C56H38BN5. The number of para-hydroxylation sites is 2. The summed E-state index contributed by atoms with van der Waals surface area (Å²) in [6.07, 6.45) is 0. The number of anilines is 3. The van der Waals surface area contributed by atoms with Gasteiger partial charge in [-0.3, -0.25) is 4.90 Å². The van der Waals surface area contributed by atoms with Crippen molar-refractivity contribution in [1.29, 1.82) is 0 Å². The second-order valence-corrected chi connectivity index (χ2v) is 15.8. The van der Waals surface area contributed by atoms with Crippen LogP contribution < -0.4 is 10.4 Å². The average Bonchev–Trinajstić information content (AvgIpc) is 3.94. The molecule has 290 valence electrons. The van der Waals surface area contributed by atoms with E-state index >= 15 is 0 Å². The second kappa shape index (κ2) is 14.8. The van der Waals surface area contributed by atoms with Gasteiger partial charge in [0.15, 0.2) is 0 Å². The van der Waals surface area contributed by atoms with Crippen LogP contribution in [-0.2, 0) is 0 Å². The summed E-state index contributed by atoms with van der Waals surface area (Å²) in [7, 11) is 0. The summed E-state index contributed by atoms with van der Waals surface area (Å²) in [5, 5.41) is 0. The smallest absolute Gasteiger partial charge is 0.329 e. The van der Waals surface area contributed by atoms with Crippen LogP contribution in [0.3, 0.4) is 0 Å². The van der Waals surface area contributed by atoms with Crippen molar-refractivity contribution in [2.45, 2.75) is 0 Å². The van der Waals surface area contributed by atoms with Gasteiger partial charge in [-0.05, 0) is 74.2 Å². The summed E-state index contributed by atoms with van der Waals surface area (Å²) in [5.74, 6) is 1.60. The third kappa shape index (κ3) is 5.80. The lowest BCUT2D eigenvalue weighted by Crippen LogP contribution is -2.51. The Labute approximate surface area is 360 Å². The lowest BCUT2D eigenvalue weighted by Gasteiger charge is -2.35. The molecule has 0 spiro atoms. The first kappa shape index (κ1) is 35.7. The largest absolute Gasteiger partial charge is 0.426 e. The molecule has 0 amide bonds. The maximum atomic E-state index is 5.73. The van der Waals surface area contributed by atoms with E-state index in [1.807, 2.05) is 0 Å². The van der Waals surface area contributed by atoms with Crippen molar-refractivity contribution in [3.8, 4) is 55.6 Å². The van der Waals surface area contributed by atoms with Gasteiger partial charge in [-0.25, -0.2) is 9.97 Å². The molecule has 2 aromatic heterocycles. The molecule has 1 aliphatic rings. The molecule has 9 aromatic carbocycles. The maximum Gasteiger partial charge on any atom is 0.426 e. The Hall–Kier alpha value is -8.22. The number of nitrogens with zero attached hydrogens (tertiary/aromatic N) is 5. The first-order valence-electron chi connectivity index (χ1n) is 21.1. The molecule has 6 heteroatoms. The number of benzene rings is 9. The van der Waals surface area contributed by atoms with E-state index in [1.54, 1.807) is 0 Å². The highest BCUT2D eigenvalue weighted by Gasteiger charge is 2.43. The van der Waals surface area contributed by atoms with Gasteiger partial charge in [-0.2, -0.15) is 0 Å². The molecule has 11 aromatic rings. The fourth-order valence-corrected chi connectivity index (χ4v) is 9.42. The minimum Gasteiger partial charge on any atom is -0.329 e. The van der Waals surface area contributed by atoms with Crippen LogP contribution in [0.5, 0.6) is 0 Å². The van der Waals surface area contributed by atoms with Gasteiger partial charge in [0.25, 0.3) is 0 Å². The Kier molecular flexibility index (Phi) is 8.53. The first-order chi connectivity index (χ1) is 30.8. The summed E-state index contributed by atoms with van der Waals surface area (Å²) in [6.45, 7) is -0.404. The Morgan fingerprint density at radius 1 is 0.290 bits per heavy atom. The maximum absolute atomic E-state index is 5.73. The van der Waals surface area contributed by atoms with E-state index in [0.29, 0.717) is 0 Å². The van der Waals surface area contributed by atoms with E-state index in [9.17, 15) is 0 Å². The number of imidazole rings is 2. The van der Waals surface area contributed by atoms with Crippen LogP contribution in [0.15, 0.2) is 231 Å². The monoisotopic (exact) mass is 791 g/mol. The van der Waals surface area contributed by atoms with Crippen molar-refractivity contribution >= 4 is 52.1 Å². The topological polar surface area (TPSA) is 38.9 Å². The third-order valence-corrected chi connectivity index (χ3v) is 12.2. The second-order valence-electron chi connectivity index (χ2n) is 15.8. The Morgan fingerprint density at radius 2 is 0.629 bits per heavy atom. The van der Waals surface area contributed by atoms with E-state index in [1.165, 1.54) is 11.0 Å². The van der Waals surface area contributed by atoms with E-state index in [2.05, 4.69) is 244 Å². The van der Waals surface area contributed by atoms with E-state index < -0.39 is 6.98 Å². The van der Waals surface area contributed by atoms with Crippen molar-refractivity contribution < 1.29 is 0 Å². The molecule has 0 radical (unpaired) electrons. The van der Waals surface area contributed by atoms with Crippen LogP contribution in [0.4, 0.5) is 17.6 Å². The van der Waals surface area contributed by atoms with Crippen molar-refractivity contribution in [3.05, 3.63) is 231 Å². The Morgan fingerprint density at radius 3 is 1.05 bits per heavy atom. The van der Waals surface area contributed by atoms with Gasteiger partial charge in [0.05, 0.1) is 27.8 Å². The van der Waals surface area contributed by atoms with Crippen LogP contribution in [0.25, 0.3) is 77.7 Å². The quantitative estimate of drug-likeness (QED) is 0.151. The fourth-order valence-electron chi connectivity index (χ4n) is 9.42. The average molecular weight is 792 g/mol. The molecule has 0 N–H and O–H groups in total. The Bertz CT molecular complexity index is 3200. The first-order valence-corrected chi connectivity index (χ1v) is 21.1. The number of rotatable bonds is 7. The third-order valence-electron chi connectivity index (χ3n) is 12.2. The van der Waals surface area contributed by atoms with Crippen LogP contribution in [0, 0.1) is 0 Å². The van der Waals surface area contributed by atoms with Crippen LogP contribution in [-0.4, -0.2) is 25.9 Å². The van der Waals surface area contributed by atoms with Gasteiger partial charge in [-0.15, -0.1) is 0 Å². The lowest BCUT2D eigenvalue weighted by molar-refractivity contribution is 0.961. The predicted octanol–water partition coefficient (Wildman–Crippen LogP) is 13.3. The summed E-state index contributed by atoms with van der Waals surface area (Å²) < 4.78 is 4.93. The highest BCUT2D eigenvalue weighted by Crippen LogP contribution is 2.45. The summed E-state index contributed by atoms with van der Waals surface area (Å²) in [6, 6.07) is 82.1. The van der Waals surface area contributed by atoms with Crippen molar-refractivity contribution in [1.82, 2.24) is 18.9 Å². The van der Waals surface area contributed by atoms with E-state index in [0.717, 1.165) is 89.7 Å². The van der Waals surface area contributed by atoms with Crippen LogP contribution >= 0.6 is 0 Å². The molecule has 0 bridgehead atoms. The zero-order chi connectivity index (χ0) is 41.0. The van der Waals surface area contributed by atoms with Gasteiger partial charge in [0, 0.05) is 11.1 Å². The lowest BCUT2D eigenvalue weighted by atomic mass is 9.60. The zero-order valence-electron chi connectivity index (χ0n) is 33.8. The molecular weight excluding hydrogens is 753 g/mol. The molecule has 0 unspecified atom stereocenters. The molecule has 0 atom stereocenters. The van der Waals surface area contributed by atoms with E-state index in [-0.39, 0.29) is 0 Å². The van der Waals surface area contributed by atoms with Gasteiger partial charge in [0.2, 0.25) is 11.9 Å². The molecule has 62 heavy (non-hydrogen) atoms.